The Morgan fingerprint density at radius 1 is 0.971 bits per heavy atom. The Balaban J connectivity index is 2.02. The van der Waals surface area contributed by atoms with Gasteiger partial charge in [-0.1, -0.05) is 80.6 Å². The van der Waals surface area contributed by atoms with Crippen molar-refractivity contribution in [3.05, 3.63) is 84.4 Å². The summed E-state index contributed by atoms with van der Waals surface area (Å²) in [5, 5.41) is 7.77. The van der Waals surface area contributed by atoms with Crippen LogP contribution in [0.5, 0.6) is 5.75 Å². The number of ether oxygens (including phenoxy) is 1. The first-order valence-electron chi connectivity index (χ1n) is 11.9. The number of carbonyl (C=O) groups is 1. The van der Waals surface area contributed by atoms with E-state index in [-0.39, 0.29) is 17.7 Å². The van der Waals surface area contributed by atoms with E-state index in [9.17, 15) is 4.79 Å². The van der Waals surface area contributed by atoms with E-state index >= 15 is 0 Å². The molecule has 0 saturated carbocycles. The van der Waals surface area contributed by atoms with Gasteiger partial charge in [0.25, 0.3) is 0 Å². The number of hydrogen-bond acceptors (Lipinski definition) is 2. The predicted octanol–water partition coefficient (Wildman–Crippen LogP) is 8.15. The van der Waals surface area contributed by atoms with E-state index in [1.807, 2.05) is 37.3 Å². The molecule has 2 atom stereocenters. The van der Waals surface area contributed by atoms with Gasteiger partial charge in [-0.05, 0) is 65.4 Å². The molecular formula is C31H33NO2. The molecule has 0 aliphatic carbocycles. The van der Waals surface area contributed by atoms with Gasteiger partial charge in [0.15, 0.2) is 0 Å². The van der Waals surface area contributed by atoms with Crippen molar-refractivity contribution in [3.8, 4) is 16.9 Å². The van der Waals surface area contributed by atoms with E-state index in [2.05, 4.69) is 69.1 Å². The maximum Gasteiger partial charge on any atom is 0.228 e. The highest BCUT2D eigenvalue weighted by Gasteiger charge is 2.27. The van der Waals surface area contributed by atoms with Crippen molar-refractivity contribution in [2.45, 2.75) is 34.1 Å². The largest absolute Gasteiger partial charge is 0.496 e. The molecule has 0 saturated heterocycles. The van der Waals surface area contributed by atoms with Crippen LogP contribution in [0.2, 0.25) is 0 Å². The van der Waals surface area contributed by atoms with Crippen molar-refractivity contribution in [2.24, 2.45) is 11.8 Å². The van der Waals surface area contributed by atoms with Crippen LogP contribution in [0.4, 0.5) is 5.69 Å². The van der Waals surface area contributed by atoms with Gasteiger partial charge in [0, 0.05) is 17.0 Å². The van der Waals surface area contributed by atoms with E-state index in [4.69, 9.17) is 4.74 Å². The van der Waals surface area contributed by atoms with Crippen molar-refractivity contribution < 1.29 is 9.53 Å². The number of carbonyl (C=O) groups excluding carboxylic acids is 1. The number of nitrogens with one attached hydrogen (secondary N) is 1. The summed E-state index contributed by atoms with van der Waals surface area (Å²) in [5.74, 6) is 0.760. The summed E-state index contributed by atoms with van der Waals surface area (Å²) >= 11 is 0. The molecule has 0 radical (unpaired) electrons. The third kappa shape index (κ3) is 4.19. The summed E-state index contributed by atoms with van der Waals surface area (Å²) in [5.41, 5.74) is 4.88. The number of rotatable bonds is 7. The van der Waals surface area contributed by atoms with Gasteiger partial charge in [0.05, 0.1) is 12.8 Å². The van der Waals surface area contributed by atoms with Crippen molar-refractivity contribution in [1.82, 2.24) is 0 Å². The zero-order valence-corrected chi connectivity index (χ0v) is 20.7. The lowest BCUT2D eigenvalue weighted by Gasteiger charge is -2.25. The highest BCUT2D eigenvalue weighted by molar-refractivity contribution is 6.14. The number of fused-ring (bicyclic) bond motifs is 2. The molecular weight excluding hydrogens is 418 g/mol. The highest BCUT2D eigenvalue weighted by Crippen LogP contribution is 2.46. The van der Waals surface area contributed by atoms with Gasteiger partial charge in [-0.15, -0.1) is 0 Å². The topological polar surface area (TPSA) is 38.3 Å². The zero-order valence-electron chi connectivity index (χ0n) is 20.7. The van der Waals surface area contributed by atoms with E-state index in [0.29, 0.717) is 0 Å². The van der Waals surface area contributed by atoms with Crippen molar-refractivity contribution in [2.75, 3.05) is 12.4 Å². The van der Waals surface area contributed by atoms with Crippen LogP contribution in [0.1, 0.15) is 32.8 Å². The SMILES string of the molecule is C=C(C)[C@H](C)[C@H](CC)C(=O)Nc1c(C)cc2ccccc2c1-c1c(OC)ccc2ccccc12. The Morgan fingerprint density at radius 2 is 1.59 bits per heavy atom. The molecule has 0 fully saturated rings. The molecule has 0 aliphatic heterocycles. The normalized spacial score (nSPS) is 13.0. The van der Waals surface area contributed by atoms with Crippen LogP contribution in [-0.2, 0) is 4.79 Å². The maximum atomic E-state index is 13.6. The number of aryl methyl sites for hydroxylation is 1. The second-order valence-corrected chi connectivity index (χ2v) is 9.17. The second-order valence-electron chi connectivity index (χ2n) is 9.17. The van der Waals surface area contributed by atoms with Crippen LogP contribution >= 0.6 is 0 Å². The lowest BCUT2D eigenvalue weighted by atomic mass is 9.85. The van der Waals surface area contributed by atoms with Crippen molar-refractivity contribution in [3.63, 3.8) is 0 Å². The summed E-state index contributed by atoms with van der Waals surface area (Å²) in [4.78, 5) is 13.6. The molecule has 34 heavy (non-hydrogen) atoms. The number of amides is 1. The average molecular weight is 452 g/mol. The summed E-state index contributed by atoms with van der Waals surface area (Å²) in [6.45, 7) is 12.3. The zero-order chi connectivity index (χ0) is 24.4. The van der Waals surface area contributed by atoms with Crippen LogP contribution < -0.4 is 10.1 Å². The molecule has 4 rings (SSSR count). The summed E-state index contributed by atoms with van der Waals surface area (Å²) in [7, 11) is 1.70. The highest BCUT2D eigenvalue weighted by atomic mass is 16.5. The number of methoxy groups -OCH3 is 1. The van der Waals surface area contributed by atoms with Crippen molar-refractivity contribution in [1.29, 1.82) is 0 Å². The maximum absolute atomic E-state index is 13.6. The molecule has 1 N–H and O–H groups in total. The average Bonchev–Trinajstić information content (AvgIpc) is 2.84. The van der Waals surface area contributed by atoms with Gasteiger partial charge in [-0.25, -0.2) is 0 Å². The molecule has 0 bridgehead atoms. The molecule has 0 aliphatic rings. The molecule has 4 aromatic rings. The Hall–Kier alpha value is -3.59. The molecule has 0 aromatic heterocycles. The van der Waals surface area contributed by atoms with Crippen LogP contribution in [0.25, 0.3) is 32.7 Å². The van der Waals surface area contributed by atoms with Gasteiger partial charge in [-0.3, -0.25) is 4.79 Å². The Labute approximate surface area is 202 Å². The molecule has 3 nitrogen and oxygen atoms in total. The Bertz CT molecular complexity index is 1390. The Kier molecular flexibility index (Phi) is 6.74. The van der Waals surface area contributed by atoms with Crippen molar-refractivity contribution >= 4 is 33.1 Å². The summed E-state index contributed by atoms with van der Waals surface area (Å²) in [6.07, 6.45) is 0.749. The third-order valence-electron chi connectivity index (χ3n) is 7.01. The van der Waals surface area contributed by atoms with Gasteiger partial charge >= 0.3 is 0 Å². The third-order valence-corrected chi connectivity index (χ3v) is 7.01. The second kappa shape index (κ2) is 9.72. The minimum atomic E-state index is -0.148. The van der Waals surface area contributed by atoms with Gasteiger partial charge in [0.1, 0.15) is 5.75 Å². The summed E-state index contributed by atoms with van der Waals surface area (Å²) < 4.78 is 5.87. The number of benzene rings is 4. The standard InChI is InChI=1S/C31H33NO2/c1-7-24(21(5)19(2)3)31(33)32-30-20(4)18-23-13-9-11-15-26(23)29(30)28-25-14-10-8-12-22(25)16-17-27(28)34-6/h8-18,21,24H,2,7H2,1,3-6H3,(H,32,33)/t21-,24-/m0/s1. The molecule has 1 amide bonds. The molecule has 3 heteroatoms. The molecule has 174 valence electrons. The van der Waals surface area contributed by atoms with E-state index < -0.39 is 0 Å². The minimum Gasteiger partial charge on any atom is -0.496 e. The molecule has 0 unspecified atom stereocenters. The van der Waals surface area contributed by atoms with Crippen LogP contribution in [0.3, 0.4) is 0 Å². The van der Waals surface area contributed by atoms with Crippen LogP contribution in [0.15, 0.2) is 78.9 Å². The van der Waals surface area contributed by atoms with Crippen LogP contribution in [0, 0.1) is 18.8 Å². The first-order chi connectivity index (χ1) is 16.4. The fourth-order valence-corrected chi connectivity index (χ4v) is 4.91. The molecule has 0 heterocycles. The minimum absolute atomic E-state index is 0.0248. The number of allylic oxidation sites excluding steroid dienone is 1. The first-order valence-corrected chi connectivity index (χ1v) is 11.9. The van der Waals surface area contributed by atoms with Gasteiger partial charge in [-0.2, -0.15) is 0 Å². The molecule has 0 spiro atoms. The monoisotopic (exact) mass is 451 g/mol. The van der Waals surface area contributed by atoms with E-state index in [0.717, 1.165) is 61.7 Å². The number of hydrogen-bond donors (Lipinski definition) is 1. The Morgan fingerprint density at radius 3 is 2.21 bits per heavy atom. The predicted molar refractivity (Wildman–Crippen MR) is 145 cm³/mol. The van der Waals surface area contributed by atoms with E-state index in [1.165, 1.54) is 0 Å². The fraction of sp³-hybridized carbons (Fsp3) is 0.258. The van der Waals surface area contributed by atoms with Crippen LogP contribution in [-0.4, -0.2) is 13.0 Å². The summed E-state index contributed by atoms with van der Waals surface area (Å²) in [6, 6.07) is 22.9. The first kappa shape index (κ1) is 23.6. The lowest BCUT2D eigenvalue weighted by Crippen LogP contribution is -2.28. The lowest BCUT2D eigenvalue weighted by molar-refractivity contribution is -0.121. The van der Waals surface area contributed by atoms with E-state index in [1.54, 1.807) is 7.11 Å². The molecule has 4 aromatic carbocycles. The number of anilines is 1. The quantitative estimate of drug-likeness (QED) is 0.288. The van der Waals surface area contributed by atoms with Gasteiger partial charge in [0.2, 0.25) is 5.91 Å². The fourth-order valence-electron chi connectivity index (χ4n) is 4.91. The smallest absolute Gasteiger partial charge is 0.228 e. The van der Waals surface area contributed by atoms with Gasteiger partial charge < -0.3 is 10.1 Å².